The highest BCUT2D eigenvalue weighted by Gasteiger charge is 2.15. The number of carbonyl (C=O) groups is 1. The number of fused-ring (bicyclic) bond motifs is 1. The monoisotopic (exact) mass is 237 g/mol. The van der Waals surface area contributed by atoms with Crippen molar-refractivity contribution in [2.45, 2.75) is 19.3 Å². The summed E-state index contributed by atoms with van der Waals surface area (Å²) in [6.45, 7) is 1.07. The molecule has 0 atom stereocenters. The van der Waals surface area contributed by atoms with E-state index in [-0.39, 0.29) is 5.78 Å². The summed E-state index contributed by atoms with van der Waals surface area (Å²) in [7, 11) is 2.08. The van der Waals surface area contributed by atoms with Gasteiger partial charge in [-0.1, -0.05) is 12.1 Å². The minimum Gasteiger partial charge on any atom is -0.374 e. The molecule has 3 heteroatoms. The van der Waals surface area contributed by atoms with Crippen LogP contribution in [0.15, 0.2) is 18.2 Å². The largest absolute Gasteiger partial charge is 0.374 e. The highest BCUT2D eigenvalue weighted by Crippen LogP contribution is 2.27. The van der Waals surface area contributed by atoms with Gasteiger partial charge in [0.2, 0.25) is 0 Å². The van der Waals surface area contributed by atoms with Gasteiger partial charge in [-0.15, -0.1) is 11.6 Å². The van der Waals surface area contributed by atoms with Crippen molar-refractivity contribution in [3.05, 3.63) is 29.3 Å². The van der Waals surface area contributed by atoms with Gasteiger partial charge in [-0.2, -0.15) is 0 Å². The highest BCUT2D eigenvalue weighted by molar-refractivity contribution is 6.19. The Morgan fingerprint density at radius 2 is 2.31 bits per heavy atom. The van der Waals surface area contributed by atoms with E-state index in [1.807, 2.05) is 12.1 Å². The van der Waals surface area contributed by atoms with Gasteiger partial charge in [-0.05, 0) is 24.5 Å². The van der Waals surface area contributed by atoms with Crippen LogP contribution in [-0.4, -0.2) is 25.3 Å². The Kier molecular flexibility index (Phi) is 3.49. The van der Waals surface area contributed by atoms with E-state index in [1.54, 1.807) is 0 Å². The number of Topliss-reactive ketones (excluding diaryl/α,β-unsaturated/α-hetero) is 1. The fraction of sp³-hybridized carbons (Fsp3) is 0.462. The van der Waals surface area contributed by atoms with E-state index in [1.165, 1.54) is 17.7 Å². The van der Waals surface area contributed by atoms with Crippen molar-refractivity contribution in [2.75, 3.05) is 24.4 Å². The topological polar surface area (TPSA) is 20.3 Å². The summed E-state index contributed by atoms with van der Waals surface area (Å²) < 4.78 is 0. The maximum atomic E-state index is 11.7. The van der Waals surface area contributed by atoms with Gasteiger partial charge in [-0.3, -0.25) is 4.79 Å². The summed E-state index contributed by atoms with van der Waals surface area (Å²) in [5.74, 6) is 0.531. The Labute approximate surface area is 101 Å². The summed E-state index contributed by atoms with van der Waals surface area (Å²) in [4.78, 5) is 14.0. The predicted octanol–water partition coefficient (Wildman–Crippen LogP) is 2.88. The first kappa shape index (κ1) is 11.5. The number of carbonyl (C=O) groups excluding carboxylic acids is 1. The van der Waals surface area contributed by atoms with Gasteiger partial charge in [0.25, 0.3) is 0 Å². The van der Waals surface area contributed by atoms with E-state index in [9.17, 15) is 4.79 Å². The molecular formula is C13H16ClNO. The smallest absolute Gasteiger partial charge is 0.164 e. The van der Waals surface area contributed by atoms with E-state index >= 15 is 0 Å². The number of anilines is 1. The molecule has 1 heterocycles. The minimum atomic E-state index is 0.136. The lowest BCUT2D eigenvalue weighted by atomic mass is 9.98. The van der Waals surface area contributed by atoms with Crippen LogP contribution < -0.4 is 4.90 Å². The highest BCUT2D eigenvalue weighted by atomic mass is 35.5. The summed E-state index contributed by atoms with van der Waals surface area (Å²) in [6.07, 6.45) is 2.73. The molecule has 0 N–H and O–H groups in total. The molecule has 1 aromatic carbocycles. The van der Waals surface area contributed by atoms with Crippen molar-refractivity contribution in [2.24, 2.45) is 0 Å². The molecule has 0 aromatic heterocycles. The van der Waals surface area contributed by atoms with E-state index in [0.717, 1.165) is 18.5 Å². The number of ketones is 1. The number of hydrogen-bond acceptors (Lipinski definition) is 2. The van der Waals surface area contributed by atoms with Crippen LogP contribution in [0.1, 0.15) is 28.8 Å². The van der Waals surface area contributed by atoms with Crippen LogP contribution in [0.4, 0.5) is 5.69 Å². The first-order valence-corrected chi connectivity index (χ1v) is 6.19. The molecule has 0 amide bonds. The Morgan fingerprint density at radius 3 is 3.06 bits per heavy atom. The first-order valence-electron chi connectivity index (χ1n) is 5.65. The van der Waals surface area contributed by atoms with Gasteiger partial charge in [0.1, 0.15) is 0 Å². The quantitative estimate of drug-likeness (QED) is 0.595. The Hall–Kier alpha value is -1.02. The zero-order valence-corrected chi connectivity index (χ0v) is 10.3. The summed E-state index contributed by atoms with van der Waals surface area (Å²) in [5.41, 5.74) is 3.33. The number of benzene rings is 1. The van der Waals surface area contributed by atoms with Crippen LogP contribution in [0.2, 0.25) is 0 Å². The summed E-state index contributed by atoms with van der Waals surface area (Å²) in [6, 6.07) is 6.00. The number of alkyl halides is 1. The molecule has 0 bridgehead atoms. The molecule has 0 saturated carbocycles. The fourth-order valence-corrected chi connectivity index (χ4v) is 2.33. The third kappa shape index (κ3) is 2.22. The molecule has 0 fully saturated rings. The molecule has 1 aliphatic rings. The second-order valence-corrected chi connectivity index (χ2v) is 4.61. The van der Waals surface area contributed by atoms with Crippen molar-refractivity contribution in [1.29, 1.82) is 0 Å². The first-order chi connectivity index (χ1) is 7.72. The number of nitrogens with zero attached hydrogens (tertiary/aromatic N) is 1. The zero-order valence-electron chi connectivity index (χ0n) is 9.50. The summed E-state index contributed by atoms with van der Waals surface area (Å²) >= 11 is 5.59. The van der Waals surface area contributed by atoms with Gasteiger partial charge in [0.05, 0.1) is 0 Å². The fourth-order valence-electron chi connectivity index (χ4n) is 2.16. The molecule has 1 aliphatic heterocycles. The van der Waals surface area contributed by atoms with Crippen LogP contribution in [0.25, 0.3) is 0 Å². The molecule has 16 heavy (non-hydrogen) atoms. The number of aryl methyl sites for hydroxylation is 1. The average molecular weight is 238 g/mol. The number of rotatable bonds is 3. The molecular weight excluding hydrogens is 222 g/mol. The van der Waals surface area contributed by atoms with Crippen LogP contribution in [0.3, 0.4) is 0 Å². The third-order valence-corrected chi connectivity index (χ3v) is 3.27. The van der Waals surface area contributed by atoms with E-state index in [2.05, 4.69) is 18.0 Å². The Morgan fingerprint density at radius 1 is 1.50 bits per heavy atom. The minimum absolute atomic E-state index is 0.136. The van der Waals surface area contributed by atoms with Crippen molar-refractivity contribution in [1.82, 2.24) is 0 Å². The number of hydrogen-bond donors (Lipinski definition) is 0. The Bertz CT molecular complexity index is 403. The van der Waals surface area contributed by atoms with Crippen LogP contribution in [0.5, 0.6) is 0 Å². The van der Waals surface area contributed by atoms with Crippen LogP contribution in [-0.2, 0) is 6.42 Å². The molecule has 1 aromatic rings. The van der Waals surface area contributed by atoms with Crippen LogP contribution >= 0.6 is 11.6 Å². The van der Waals surface area contributed by atoms with E-state index < -0.39 is 0 Å². The zero-order chi connectivity index (χ0) is 11.5. The van der Waals surface area contributed by atoms with Gasteiger partial charge < -0.3 is 4.90 Å². The molecule has 0 spiro atoms. The van der Waals surface area contributed by atoms with Crippen LogP contribution in [0, 0.1) is 0 Å². The van der Waals surface area contributed by atoms with Gasteiger partial charge in [0, 0.05) is 37.1 Å². The normalized spacial score (nSPS) is 14.8. The molecule has 0 aliphatic carbocycles. The Balaban J connectivity index is 2.30. The maximum Gasteiger partial charge on any atom is 0.164 e. The standard InChI is InChI=1S/C13H16ClNO/c1-15-8-2-3-10-4-5-11(9-12(10)15)13(16)6-7-14/h4-5,9H,2-3,6-8H2,1H3. The SMILES string of the molecule is CN1CCCc2ccc(C(=O)CCCl)cc21. The van der Waals surface area contributed by atoms with Gasteiger partial charge in [0.15, 0.2) is 5.78 Å². The average Bonchev–Trinajstić information content (AvgIpc) is 2.29. The lowest BCUT2D eigenvalue weighted by Gasteiger charge is -2.27. The second-order valence-electron chi connectivity index (χ2n) is 4.23. The molecule has 0 radical (unpaired) electrons. The summed E-state index contributed by atoms with van der Waals surface area (Å²) in [5, 5.41) is 0. The second kappa shape index (κ2) is 4.88. The van der Waals surface area contributed by atoms with Crippen molar-refractivity contribution in [3.63, 3.8) is 0 Å². The molecule has 0 unspecified atom stereocenters. The third-order valence-electron chi connectivity index (χ3n) is 3.08. The molecule has 2 nitrogen and oxygen atoms in total. The van der Waals surface area contributed by atoms with Crippen molar-refractivity contribution < 1.29 is 4.79 Å². The molecule has 0 saturated heterocycles. The molecule has 86 valence electrons. The predicted molar refractivity (Wildman–Crippen MR) is 67.7 cm³/mol. The lowest BCUT2D eigenvalue weighted by Crippen LogP contribution is -2.24. The van der Waals surface area contributed by atoms with E-state index in [0.29, 0.717) is 12.3 Å². The lowest BCUT2D eigenvalue weighted by molar-refractivity contribution is 0.0989. The van der Waals surface area contributed by atoms with Crippen molar-refractivity contribution in [3.8, 4) is 0 Å². The molecule has 2 rings (SSSR count). The van der Waals surface area contributed by atoms with Crippen molar-refractivity contribution >= 4 is 23.1 Å². The van der Waals surface area contributed by atoms with E-state index in [4.69, 9.17) is 11.6 Å². The van der Waals surface area contributed by atoms with Gasteiger partial charge in [-0.25, -0.2) is 0 Å². The van der Waals surface area contributed by atoms with Gasteiger partial charge >= 0.3 is 0 Å². The maximum absolute atomic E-state index is 11.7. The number of halogens is 1.